The molecule has 11 N–H and O–H groups in total. The van der Waals surface area contributed by atoms with E-state index in [1.165, 1.54) is 0 Å². The quantitative estimate of drug-likeness (QED) is 0.150. The molecule has 0 spiro atoms. The summed E-state index contributed by atoms with van der Waals surface area (Å²) in [7, 11) is -1.14. The van der Waals surface area contributed by atoms with Gasteiger partial charge in [-0.25, -0.2) is 0 Å². The van der Waals surface area contributed by atoms with E-state index in [0.717, 1.165) is 6.42 Å². The van der Waals surface area contributed by atoms with Crippen molar-refractivity contribution in [2.45, 2.75) is 38.9 Å². The number of phosphoric acid groups is 1. The maximum absolute atomic E-state index is 8.88. The summed E-state index contributed by atoms with van der Waals surface area (Å²) in [5, 5.41) is 24.2. The highest BCUT2D eigenvalue weighted by atomic mass is 31.2. The average molecular weight is 320 g/mol. The van der Waals surface area contributed by atoms with E-state index in [0.29, 0.717) is 6.42 Å². The lowest BCUT2D eigenvalue weighted by Crippen LogP contribution is -2.74. The van der Waals surface area contributed by atoms with Gasteiger partial charge in [0.25, 0.3) is 0 Å². The van der Waals surface area contributed by atoms with E-state index >= 15 is 0 Å². The summed E-state index contributed by atoms with van der Waals surface area (Å²) in [6, 6.07) is 0. The summed E-state index contributed by atoms with van der Waals surface area (Å²) in [5.41, 5.74) is 9.17. The Morgan fingerprint density at radius 1 is 1.35 bits per heavy atom. The topological polar surface area (TPSA) is 218 Å². The first-order valence-corrected chi connectivity index (χ1v) is 7.31. The molecule has 2 atom stereocenters. The number of aliphatic hydroxyl groups is 2. The van der Waals surface area contributed by atoms with E-state index in [2.05, 4.69) is 16.9 Å². The van der Waals surface area contributed by atoms with E-state index in [-0.39, 0.29) is 5.96 Å². The maximum Gasteiger partial charge on any atom is 0.336 e. The van der Waals surface area contributed by atoms with Crippen LogP contribution in [0.15, 0.2) is 0 Å². The maximum atomic E-state index is 8.88. The van der Waals surface area contributed by atoms with Crippen LogP contribution in [0.2, 0.25) is 0 Å². The average Bonchev–Trinajstić information content (AvgIpc) is 2.15. The summed E-state index contributed by atoms with van der Waals surface area (Å²) in [5.74, 6) is -0.0833. The third-order valence-corrected chi connectivity index (χ3v) is 1.14. The van der Waals surface area contributed by atoms with Gasteiger partial charge in [0.2, 0.25) is 0 Å². The van der Waals surface area contributed by atoms with Crippen molar-refractivity contribution >= 4 is 13.8 Å². The molecule has 0 rings (SSSR count). The van der Waals surface area contributed by atoms with Crippen LogP contribution in [-0.4, -0.2) is 47.4 Å². The SMILES string of the molecule is CCCC(O)C(C)O.C[NH2+]C.NC(N)=[NH2+].O=P([O-])([O-])O. The van der Waals surface area contributed by atoms with Gasteiger partial charge in [0.15, 0.2) is 0 Å². The van der Waals surface area contributed by atoms with Crippen LogP contribution in [-0.2, 0) is 4.57 Å². The van der Waals surface area contributed by atoms with Crippen LogP contribution in [0.3, 0.4) is 0 Å². The molecule has 10 nitrogen and oxygen atoms in total. The van der Waals surface area contributed by atoms with Crippen molar-refractivity contribution in [2.75, 3.05) is 14.1 Å². The van der Waals surface area contributed by atoms with E-state index in [1.54, 1.807) is 6.92 Å². The fourth-order valence-electron chi connectivity index (χ4n) is 0.537. The molecule has 0 fully saturated rings. The zero-order valence-electron chi connectivity index (χ0n) is 12.4. The van der Waals surface area contributed by atoms with Gasteiger partial charge in [-0.2, -0.15) is 0 Å². The van der Waals surface area contributed by atoms with Crippen molar-refractivity contribution in [2.24, 2.45) is 11.5 Å². The first kappa shape index (κ1) is 27.6. The van der Waals surface area contributed by atoms with Crippen LogP contribution in [0.5, 0.6) is 0 Å². The smallest absolute Gasteiger partial charge is 0.336 e. The molecule has 0 saturated carbocycles. The van der Waals surface area contributed by atoms with Gasteiger partial charge in [-0.05, 0) is 13.3 Å². The van der Waals surface area contributed by atoms with Crippen LogP contribution in [0, 0.1) is 0 Å². The Morgan fingerprint density at radius 2 is 1.55 bits per heavy atom. The van der Waals surface area contributed by atoms with Crippen LogP contribution in [0.25, 0.3) is 0 Å². The molecule has 0 aliphatic heterocycles. The van der Waals surface area contributed by atoms with Crippen LogP contribution in [0.1, 0.15) is 26.7 Å². The minimum absolute atomic E-state index is 0.0833. The highest BCUT2D eigenvalue weighted by Crippen LogP contribution is 2.11. The Morgan fingerprint density at radius 3 is 1.60 bits per heavy atom. The van der Waals surface area contributed by atoms with Gasteiger partial charge in [-0.3, -0.25) is 16.9 Å². The second-order valence-corrected chi connectivity index (χ2v) is 4.58. The molecule has 0 amide bonds. The summed E-state index contributed by atoms with van der Waals surface area (Å²) < 4.78 is 8.66. The van der Waals surface area contributed by atoms with Crippen molar-refractivity contribution in [3.05, 3.63) is 0 Å². The number of hydrogen-bond donors (Lipinski definition) is 7. The number of guanidine groups is 1. The Balaban J connectivity index is -0.0000000924. The van der Waals surface area contributed by atoms with Crippen LogP contribution >= 0.6 is 7.82 Å². The summed E-state index contributed by atoms with van der Waals surface area (Å²) in [6.45, 7) is 3.58. The Bertz CT molecular complexity index is 236. The number of hydrogen-bond acceptors (Lipinski definition) is 5. The molecule has 0 saturated heterocycles. The normalized spacial score (nSPS) is 12.2. The fourth-order valence-corrected chi connectivity index (χ4v) is 0.537. The van der Waals surface area contributed by atoms with Crippen molar-refractivity contribution in [1.82, 2.24) is 0 Å². The minimum Gasteiger partial charge on any atom is -0.790 e. The first-order chi connectivity index (χ1) is 8.83. The second-order valence-electron chi connectivity index (χ2n) is 3.64. The molecule has 0 radical (unpaired) electrons. The lowest BCUT2D eigenvalue weighted by molar-refractivity contribution is -0.597. The van der Waals surface area contributed by atoms with Crippen molar-refractivity contribution in [3.8, 4) is 0 Å². The van der Waals surface area contributed by atoms with Gasteiger partial charge in [0, 0.05) is 0 Å². The number of nitrogens with two attached hydrogens (primary N) is 4. The largest absolute Gasteiger partial charge is 0.790 e. The molecule has 0 aromatic rings. The Kier molecular flexibility index (Phi) is 25.2. The summed E-state index contributed by atoms with van der Waals surface area (Å²) in [6.07, 6.45) is 0.513. The molecule has 0 aromatic carbocycles. The predicted molar refractivity (Wildman–Crippen MR) is 71.5 cm³/mol. The fraction of sp³-hybridized carbons (Fsp3) is 0.889. The van der Waals surface area contributed by atoms with Gasteiger partial charge in [-0.1, -0.05) is 13.3 Å². The second kappa shape index (κ2) is 18.3. The van der Waals surface area contributed by atoms with Crippen molar-refractivity contribution in [1.29, 1.82) is 0 Å². The number of rotatable bonds is 3. The minimum atomic E-state index is -5.14. The Labute approximate surface area is 119 Å². The zero-order chi connectivity index (χ0) is 17.4. The van der Waals surface area contributed by atoms with E-state index in [4.69, 9.17) is 29.5 Å². The van der Waals surface area contributed by atoms with Gasteiger partial charge >= 0.3 is 5.96 Å². The van der Waals surface area contributed by atoms with E-state index in [9.17, 15) is 0 Å². The third kappa shape index (κ3) is 116. The molecule has 0 heterocycles. The van der Waals surface area contributed by atoms with Gasteiger partial charge in [0.05, 0.1) is 34.1 Å². The van der Waals surface area contributed by atoms with Gasteiger partial charge < -0.3 is 34.8 Å². The summed E-state index contributed by atoms with van der Waals surface area (Å²) in [4.78, 5) is 24.3. The molecule has 0 aromatic heterocycles. The number of quaternary nitrogens is 1. The molecular weight excluding hydrogens is 291 g/mol. The molecular formula is C9H29N4O6P. The van der Waals surface area contributed by atoms with E-state index < -0.39 is 20.0 Å². The molecule has 0 aliphatic rings. The lowest BCUT2D eigenvalue weighted by Gasteiger charge is -2.19. The Hall–Kier alpha value is -0.740. The zero-order valence-corrected chi connectivity index (χ0v) is 13.3. The molecule has 0 aliphatic carbocycles. The van der Waals surface area contributed by atoms with Crippen LogP contribution in [0.4, 0.5) is 0 Å². The first-order valence-electron chi connectivity index (χ1n) is 5.81. The third-order valence-electron chi connectivity index (χ3n) is 1.14. The van der Waals surface area contributed by atoms with Crippen molar-refractivity contribution in [3.63, 3.8) is 0 Å². The van der Waals surface area contributed by atoms with Crippen LogP contribution < -0.4 is 32.0 Å². The standard InChI is InChI=1S/C6H14O2.C2H7N.CH5N3.H3O4P/c1-3-4-6(8)5(2)7;1-3-2;2-1(3)4;1-5(2,3)4/h5-8H,3-4H2,1-2H3;3H,1-2H3;(H5,2,3,4);(H3,1,2,3,4). The molecule has 11 heteroatoms. The van der Waals surface area contributed by atoms with Gasteiger partial charge in [-0.15, -0.1) is 0 Å². The summed E-state index contributed by atoms with van der Waals surface area (Å²) >= 11 is 0. The molecule has 126 valence electrons. The van der Waals surface area contributed by atoms with Gasteiger partial charge in [0.1, 0.15) is 0 Å². The van der Waals surface area contributed by atoms with Crippen molar-refractivity contribution < 1.29 is 40.2 Å². The lowest BCUT2D eigenvalue weighted by atomic mass is 10.1. The monoisotopic (exact) mass is 320 g/mol. The molecule has 2 unspecified atom stereocenters. The van der Waals surface area contributed by atoms with E-state index in [1.807, 2.05) is 26.3 Å². The predicted octanol–water partition coefficient (Wildman–Crippen LogP) is -5.84. The highest BCUT2D eigenvalue weighted by Gasteiger charge is 2.07. The molecule has 0 bridgehead atoms. The molecule has 20 heavy (non-hydrogen) atoms. The highest BCUT2D eigenvalue weighted by molar-refractivity contribution is 7.42. The number of aliphatic hydroxyl groups excluding tert-OH is 2.